The highest BCUT2D eigenvalue weighted by molar-refractivity contribution is 6.02. The molecule has 0 aliphatic carbocycles. The molecule has 0 aliphatic rings. The van der Waals surface area contributed by atoms with Crippen LogP contribution in [0, 0.1) is 13.8 Å². The van der Waals surface area contributed by atoms with E-state index in [9.17, 15) is 13.2 Å². The van der Waals surface area contributed by atoms with Crippen molar-refractivity contribution in [1.29, 1.82) is 0 Å². The molecule has 1 heterocycles. The van der Waals surface area contributed by atoms with Crippen molar-refractivity contribution in [1.82, 2.24) is 4.98 Å². The number of halogens is 3. The van der Waals surface area contributed by atoms with Gasteiger partial charge in [-0.25, -0.2) is 0 Å². The average Bonchev–Trinajstić information content (AvgIpc) is 2.68. The number of hydrogen-bond donors (Lipinski definition) is 0. The van der Waals surface area contributed by atoms with Gasteiger partial charge in [-0.2, -0.15) is 13.2 Å². The predicted octanol–water partition coefficient (Wildman–Crippen LogP) is 4.98. The largest absolute Gasteiger partial charge is 0.490 e. The Hall–Kier alpha value is -3.23. The summed E-state index contributed by atoms with van der Waals surface area (Å²) in [5, 5.41) is 3.00. The first kappa shape index (κ1) is 23.1. The predicted molar refractivity (Wildman–Crippen MR) is 106 cm³/mol. The molecule has 1 aromatic heterocycles. The van der Waals surface area contributed by atoms with Crippen molar-refractivity contribution in [2.24, 2.45) is 5.16 Å². The van der Waals surface area contributed by atoms with Gasteiger partial charge in [-0.05, 0) is 56.2 Å². The molecule has 6 nitrogen and oxygen atoms in total. The highest BCUT2D eigenvalue weighted by Crippen LogP contribution is 2.29. The maximum atomic E-state index is 13.0. The fourth-order valence-electron chi connectivity index (χ4n) is 2.56. The van der Waals surface area contributed by atoms with E-state index < -0.39 is 11.9 Å². The number of oxime groups is 1. The number of aromatic nitrogens is 1. The minimum Gasteiger partial charge on any atom is -0.490 e. The monoisotopic (exact) mass is 424 g/mol. The molecule has 0 amide bonds. The van der Waals surface area contributed by atoms with Crippen LogP contribution in [0.4, 0.5) is 13.2 Å². The molecule has 0 unspecified atom stereocenters. The van der Waals surface area contributed by atoms with Gasteiger partial charge in [-0.3, -0.25) is 4.98 Å². The summed E-state index contributed by atoms with van der Waals surface area (Å²) in [6.45, 7) is 6.03. The highest BCUT2D eigenvalue weighted by atomic mass is 19.4. The molecule has 0 spiro atoms. The van der Waals surface area contributed by atoms with Gasteiger partial charge in [0.15, 0.2) is 0 Å². The number of ether oxygens (including phenoxy) is 3. The van der Waals surface area contributed by atoms with E-state index in [2.05, 4.69) is 15.0 Å². The first-order valence-electron chi connectivity index (χ1n) is 9.01. The Morgan fingerprint density at radius 1 is 1.07 bits per heavy atom. The van der Waals surface area contributed by atoms with Crippen LogP contribution in [0.2, 0.25) is 0 Å². The molecule has 0 aliphatic heterocycles. The third-order valence-corrected chi connectivity index (χ3v) is 3.87. The van der Waals surface area contributed by atoms with Crippen LogP contribution in [0.1, 0.15) is 23.7 Å². The van der Waals surface area contributed by atoms with Gasteiger partial charge < -0.3 is 19.0 Å². The molecule has 162 valence electrons. The zero-order valence-corrected chi connectivity index (χ0v) is 17.1. The van der Waals surface area contributed by atoms with E-state index in [0.717, 1.165) is 36.2 Å². The summed E-state index contributed by atoms with van der Waals surface area (Å²) in [6, 6.07) is 6.21. The zero-order valence-electron chi connectivity index (χ0n) is 17.1. The Morgan fingerprint density at radius 2 is 1.77 bits per heavy atom. The number of alkyl halides is 3. The van der Waals surface area contributed by atoms with Gasteiger partial charge in [0.25, 0.3) is 0 Å². The van der Waals surface area contributed by atoms with E-state index in [1.165, 1.54) is 6.07 Å². The van der Waals surface area contributed by atoms with Gasteiger partial charge in [0, 0.05) is 0 Å². The third kappa shape index (κ3) is 6.40. The van der Waals surface area contributed by atoms with Crippen molar-refractivity contribution in [3.05, 3.63) is 59.4 Å². The second-order valence-electron chi connectivity index (χ2n) is 6.17. The molecule has 0 N–H and O–H groups in total. The number of benzene rings is 1. The zero-order chi connectivity index (χ0) is 22.1. The minimum absolute atomic E-state index is 0.139. The molecule has 0 radical (unpaired) electrons. The van der Waals surface area contributed by atoms with E-state index in [1.54, 1.807) is 0 Å². The van der Waals surface area contributed by atoms with Crippen LogP contribution in [-0.2, 0) is 4.84 Å². The Balaban J connectivity index is 1.99. The van der Waals surface area contributed by atoms with Gasteiger partial charge in [-0.15, -0.1) is 0 Å². The maximum absolute atomic E-state index is 13.0. The average molecular weight is 424 g/mol. The summed E-state index contributed by atoms with van der Waals surface area (Å²) in [7, 11) is 1.03. The Bertz CT molecular complexity index is 871. The van der Waals surface area contributed by atoms with Gasteiger partial charge in [-0.1, -0.05) is 17.3 Å². The fraction of sp³-hybridized carbons (Fsp3) is 0.333. The summed E-state index contributed by atoms with van der Waals surface area (Å²) >= 11 is 0. The lowest BCUT2D eigenvalue weighted by molar-refractivity contribution is -0.0609. The van der Waals surface area contributed by atoms with E-state index in [4.69, 9.17) is 14.2 Å². The van der Waals surface area contributed by atoms with E-state index in [-0.39, 0.29) is 18.2 Å². The second kappa shape index (κ2) is 10.5. The Labute approximate surface area is 172 Å². The van der Waals surface area contributed by atoms with E-state index in [1.807, 2.05) is 45.1 Å². The topological polar surface area (TPSA) is 62.2 Å². The molecule has 1 aromatic carbocycles. The molecule has 0 saturated carbocycles. The minimum atomic E-state index is -4.69. The second-order valence-corrected chi connectivity index (χ2v) is 6.17. The number of pyridine rings is 1. The molecule has 2 rings (SSSR count). The fourth-order valence-corrected chi connectivity index (χ4v) is 2.56. The van der Waals surface area contributed by atoms with Crippen LogP contribution in [0.5, 0.6) is 17.2 Å². The van der Waals surface area contributed by atoms with Gasteiger partial charge in [0.1, 0.15) is 31.0 Å². The molecule has 0 bridgehead atoms. The summed E-state index contributed by atoms with van der Waals surface area (Å²) in [5.74, 6) is 1.62. The summed E-state index contributed by atoms with van der Waals surface area (Å²) in [6.07, 6.45) is 0.283. The first-order valence-corrected chi connectivity index (χ1v) is 9.01. The van der Waals surface area contributed by atoms with Crippen molar-refractivity contribution in [3.63, 3.8) is 0 Å². The van der Waals surface area contributed by atoms with Crippen LogP contribution in [0.15, 0.2) is 47.8 Å². The van der Waals surface area contributed by atoms with Gasteiger partial charge >= 0.3 is 6.18 Å². The summed E-state index contributed by atoms with van der Waals surface area (Å²) in [5.41, 5.74) is 0.134. The van der Waals surface area contributed by atoms with Crippen molar-refractivity contribution in [3.8, 4) is 17.2 Å². The maximum Gasteiger partial charge on any atom is 0.438 e. The number of hydrogen-bond acceptors (Lipinski definition) is 6. The molecule has 0 fully saturated rings. The van der Waals surface area contributed by atoms with E-state index in [0.29, 0.717) is 12.4 Å². The molecule has 9 heteroatoms. The smallest absolute Gasteiger partial charge is 0.438 e. The van der Waals surface area contributed by atoms with Crippen LogP contribution in [0.25, 0.3) is 0 Å². The van der Waals surface area contributed by atoms with Gasteiger partial charge in [0.2, 0.25) is 12.5 Å². The Kier molecular flexibility index (Phi) is 8.08. The van der Waals surface area contributed by atoms with Crippen molar-refractivity contribution in [2.75, 3.05) is 20.5 Å². The van der Waals surface area contributed by atoms with Crippen LogP contribution in [-0.4, -0.2) is 37.4 Å². The summed E-state index contributed by atoms with van der Waals surface area (Å²) in [4.78, 5) is 7.99. The van der Waals surface area contributed by atoms with Crippen LogP contribution in [0.3, 0.4) is 0 Å². The lowest BCUT2D eigenvalue weighted by Crippen LogP contribution is -2.25. The number of rotatable bonds is 9. The normalized spacial score (nSPS) is 12.2. The first-order chi connectivity index (χ1) is 14.3. The summed E-state index contributed by atoms with van der Waals surface area (Å²) < 4.78 is 55.6. The molecular weight excluding hydrogens is 401 g/mol. The van der Waals surface area contributed by atoms with Crippen molar-refractivity contribution in [2.45, 2.75) is 26.9 Å². The number of allylic oxidation sites excluding steroid dienone is 1. The van der Waals surface area contributed by atoms with Gasteiger partial charge in [0.05, 0.1) is 11.9 Å². The van der Waals surface area contributed by atoms with Crippen LogP contribution < -0.4 is 14.2 Å². The van der Waals surface area contributed by atoms with Crippen LogP contribution >= 0.6 is 0 Å². The molecular formula is C21H23F3N2O4. The highest BCUT2D eigenvalue weighted by Gasteiger charge is 2.38. The van der Waals surface area contributed by atoms with E-state index >= 15 is 0 Å². The lowest BCUT2D eigenvalue weighted by atomic mass is 10.1. The lowest BCUT2D eigenvalue weighted by Gasteiger charge is -2.15. The Morgan fingerprint density at radius 3 is 2.30 bits per heavy atom. The standard InChI is InChI=1S/C21H23F3N2O4/c1-5-6-9-28-17-10-14(2)19(15(3)11-17)30-13-29-16-7-8-18(25-12-16)20(26-27-4)21(22,23)24/h5-8,10-12H,9,13H2,1-4H3/b6-5+,26-20-. The molecule has 2 aromatic rings. The molecule has 30 heavy (non-hydrogen) atoms. The third-order valence-electron chi connectivity index (χ3n) is 3.87. The quantitative estimate of drug-likeness (QED) is 0.246. The molecule has 0 saturated heterocycles. The number of aryl methyl sites for hydroxylation is 2. The molecule has 0 atom stereocenters. The van der Waals surface area contributed by atoms with Crippen molar-refractivity contribution >= 4 is 5.71 Å². The number of nitrogens with zero attached hydrogens (tertiary/aromatic N) is 2. The SMILES string of the molecule is C/C=C/COc1cc(C)c(OCOc2ccc(/C(=N/OC)C(F)(F)F)nc2)c(C)c1. The van der Waals surface area contributed by atoms with Crippen molar-refractivity contribution < 1.29 is 32.2 Å².